The van der Waals surface area contributed by atoms with E-state index in [1.54, 1.807) is 55.6 Å². The highest BCUT2D eigenvalue weighted by Gasteiger charge is 2.36. The second kappa shape index (κ2) is 9.23. The fourth-order valence-electron chi connectivity index (χ4n) is 4.05. The van der Waals surface area contributed by atoms with Gasteiger partial charge in [0, 0.05) is 16.3 Å². The molecule has 1 aliphatic rings. The lowest BCUT2D eigenvalue weighted by Crippen LogP contribution is -2.46. The van der Waals surface area contributed by atoms with E-state index in [9.17, 15) is 9.18 Å². The van der Waals surface area contributed by atoms with Gasteiger partial charge in [-0.3, -0.25) is 4.90 Å². The molecule has 0 saturated heterocycles. The third kappa shape index (κ3) is 4.36. The van der Waals surface area contributed by atoms with Crippen molar-refractivity contribution in [1.82, 2.24) is 15.5 Å². The van der Waals surface area contributed by atoms with Gasteiger partial charge in [0.15, 0.2) is 0 Å². The van der Waals surface area contributed by atoms with Crippen molar-refractivity contribution in [2.75, 3.05) is 12.0 Å². The van der Waals surface area contributed by atoms with Gasteiger partial charge < -0.3 is 14.6 Å². The Morgan fingerprint density at radius 3 is 2.51 bits per heavy atom. The molecule has 0 aliphatic carbocycles. The fraction of sp³-hybridized carbons (Fsp3) is 0.115. The number of hydrogen-bond acceptors (Lipinski definition) is 5. The summed E-state index contributed by atoms with van der Waals surface area (Å²) in [6.07, 6.45) is 0. The summed E-state index contributed by atoms with van der Waals surface area (Å²) in [5.74, 6) is 0.713. The summed E-state index contributed by atoms with van der Waals surface area (Å²) >= 11 is 6.08. The number of amides is 2. The van der Waals surface area contributed by atoms with Gasteiger partial charge in [0.2, 0.25) is 5.82 Å². The minimum absolute atomic E-state index is 0.209. The van der Waals surface area contributed by atoms with E-state index >= 15 is 0 Å². The molecule has 0 fully saturated rings. The van der Waals surface area contributed by atoms with E-state index in [1.807, 2.05) is 19.1 Å². The number of carbonyl (C=O) groups excluding carboxylic acids is 1. The lowest BCUT2D eigenvalue weighted by atomic mass is 9.94. The number of hydrogen-bond donors (Lipinski definition) is 1. The van der Waals surface area contributed by atoms with E-state index in [4.69, 9.17) is 20.9 Å². The summed E-state index contributed by atoms with van der Waals surface area (Å²) in [5.41, 5.74) is 3.12. The van der Waals surface area contributed by atoms with Gasteiger partial charge in [-0.25, -0.2) is 9.18 Å². The second-order valence-electron chi connectivity index (χ2n) is 7.90. The smallest absolute Gasteiger partial charge is 0.326 e. The number of allylic oxidation sites excluding steroid dienone is 1. The van der Waals surface area contributed by atoms with Crippen LogP contribution in [0.4, 0.5) is 14.9 Å². The van der Waals surface area contributed by atoms with Crippen LogP contribution in [0.5, 0.6) is 5.75 Å². The zero-order valence-corrected chi connectivity index (χ0v) is 19.6. The molecule has 1 unspecified atom stereocenters. The molecule has 5 rings (SSSR count). The van der Waals surface area contributed by atoms with Crippen LogP contribution in [0.3, 0.4) is 0 Å². The summed E-state index contributed by atoms with van der Waals surface area (Å²) in [5, 5.41) is 7.67. The van der Waals surface area contributed by atoms with Crippen LogP contribution < -0.4 is 15.0 Å². The monoisotopic (exact) mass is 490 g/mol. The largest absolute Gasteiger partial charge is 0.497 e. The van der Waals surface area contributed by atoms with Crippen LogP contribution in [0.15, 0.2) is 83.0 Å². The van der Waals surface area contributed by atoms with Crippen molar-refractivity contribution in [3.8, 4) is 17.1 Å². The number of carbonyl (C=O) groups is 1. The number of ether oxygens (including phenoxy) is 1. The normalized spacial score (nSPS) is 15.8. The number of nitrogens with one attached hydrogen (secondary N) is 1. The average molecular weight is 491 g/mol. The number of benzene rings is 3. The predicted molar refractivity (Wildman–Crippen MR) is 130 cm³/mol. The molecule has 2 heterocycles. The molecule has 3 aromatic carbocycles. The Labute approximate surface area is 205 Å². The molecule has 4 aromatic rings. The van der Waals surface area contributed by atoms with Crippen molar-refractivity contribution in [2.24, 2.45) is 0 Å². The first-order chi connectivity index (χ1) is 16.9. The molecular formula is C26H20ClFN4O3. The SMILES string of the molecule is COc1ccc(N2C(=O)NC(c3ccc(Cl)cc3)C(c3nc(-c4cccc(F)c4)no3)=C2C)cc1. The van der Waals surface area contributed by atoms with Crippen molar-refractivity contribution < 1.29 is 18.4 Å². The van der Waals surface area contributed by atoms with Gasteiger partial charge in [-0.15, -0.1) is 0 Å². The molecular weight excluding hydrogens is 471 g/mol. The van der Waals surface area contributed by atoms with Crippen LogP contribution in [0.2, 0.25) is 5.02 Å². The van der Waals surface area contributed by atoms with Gasteiger partial charge in [-0.05, 0) is 61.0 Å². The van der Waals surface area contributed by atoms with Crippen molar-refractivity contribution in [3.63, 3.8) is 0 Å². The lowest BCUT2D eigenvalue weighted by molar-refractivity contribution is 0.244. The first kappa shape index (κ1) is 22.6. The molecule has 1 aliphatic heterocycles. The first-order valence-corrected chi connectivity index (χ1v) is 11.1. The quantitative estimate of drug-likeness (QED) is 0.358. The highest BCUT2D eigenvalue weighted by atomic mass is 35.5. The van der Waals surface area contributed by atoms with Gasteiger partial charge in [0.05, 0.1) is 24.4 Å². The molecule has 35 heavy (non-hydrogen) atoms. The zero-order chi connectivity index (χ0) is 24.5. The first-order valence-electron chi connectivity index (χ1n) is 10.8. The topological polar surface area (TPSA) is 80.5 Å². The molecule has 0 saturated carbocycles. The lowest BCUT2D eigenvalue weighted by Gasteiger charge is -2.35. The Morgan fingerprint density at radius 1 is 1.09 bits per heavy atom. The molecule has 2 amide bonds. The van der Waals surface area contributed by atoms with E-state index in [1.165, 1.54) is 17.0 Å². The number of anilines is 1. The summed E-state index contributed by atoms with van der Waals surface area (Å²) in [6, 6.07) is 19.3. The number of aromatic nitrogens is 2. The Balaban J connectivity index is 1.64. The maximum Gasteiger partial charge on any atom is 0.326 e. The number of methoxy groups -OCH3 is 1. The van der Waals surface area contributed by atoms with Crippen molar-refractivity contribution in [2.45, 2.75) is 13.0 Å². The minimum Gasteiger partial charge on any atom is -0.497 e. The van der Waals surface area contributed by atoms with Crippen molar-refractivity contribution in [3.05, 3.63) is 101 Å². The van der Waals surface area contributed by atoms with Crippen LogP contribution in [-0.4, -0.2) is 23.3 Å². The van der Waals surface area contributed by atoms with Crippen molar-refractivity contribution in [1.29, 1.82) is 0 Å². The van der Waals surface area contributed by atoms with E-state index in [2.05, 4.69) is 15.5 Å². The number of rotatable bonds is 5. The molecule has 9 heteroatoms. The highest BCUT2D eigenvalue weighted by molar-refractivity contribution is 6.30. The van der Waals surface area contributed by atoms with Crippen LogP contribution >= 0.6 is 11.6 Å². The molecule has 0 radical (unpaired) electrons. The van der Waals surface area contributed by atoms with Gasteiger partial charge >= 0.3 is 6.03 Å². The van der Waals surface area contributed by atoms with Gasteiger partial charge in [0.25, 0.3) is 5.89 Å². The number of nitrogens with zero attached hydrogens (tertiary/aromatic N) is 3. The van der Waals surface area contributed by atoms with Crippen LogP contribution in [0, 0.1) is 5.82 Å². The minimum atomic E-state index is -0.574. The van der Waals surface area contributed by atoms with Crippen molar-refractivity contribution >= 4 is 28.9 Å². The van der Waals surface area contributed by atoms with E-state index in [0.29, 0.717) is 33.3 Å². The molecule has 0 spiro atoms. The summed E-state index contributed by atoms with van der Waals surface area (Å²) in [7, 11) is 1.58. The Hall–Kier alpha value is -4.17. The van der Waals surface area contributed by atoms with E-state index in [-0.39, 0.29) is 17.7 Å². The van der Waals surface area contributed by atoms with Crippen LogP contribution in [-0.2, 0) is 0 Å². The Morgan fingerprint density at radius 2 is 1.83 bits per heavy atom. The average Bonchev–Trinajstić information content (AvgIpc) is 3.34. The highest BCUT2D eigenvalue weighted by Crippen LogP contribution is 2.39. The van der Waals surface area contributed by atoms with E-state index in [0.717, 1.165) is 5.56 Å². The van der Waals surface area contributed by atoms with Gasteiger partial charge in [0.1, 0.15) is 11.6 Å². The van der Waals surface area contributed by atoms with Gasteiger partial charge in [-0.2, -0.15) is 4.98 Å². The second-order valence-corrected chi connectivity index (χ2v) is 8.34. The number of urea groups is 1. The Kier molecular flexibility index (Phi) is 5.96. The zero-order valence-electron chi connectivity index (χ0n) is 18.8. The van der Waals surface area contributed by atoms with E-state index < -0.39 is 11.9 Å². The summed E-state index contributed by atoms with van der Waals surface area (Å²) < 4.78 is 24.6. The maximum absolute atomic E-state index is 13.8. The number of halogens is 2. The predicted octanol–water partition coefficient (Wildman–Crippen LogP) is 6.24. The molecule has 1 atom stereocenters. The molecule has 1 aromatic heterocycles. The summed E-state index contributed by atoms with van der Waals surface area (Å²) in [4.78, 5) is 19.3. The molecule has 1 N–H and O–H groups in total. The molecule has 176 valence electrons. The Bertz CT molecular complexity index is 1420. The molecule has 0 bridgehead atoms. The third-order valence-electron chi connectivity index (χ3n) is 5.76. The van der Waals surface area contributed by atoms with Crippen LogP contribution in [0.25, 0.3) is 17.0 Å². The fourth-order valence-corrected chi connectivity index (χ4v) is 4.17. The van der Waals surface area contributed by atoms with Crippen LogP contribution in [0.1, 0.15) is 24.4 Å². The molecule has 7 nitrogen and oxygen atoms in total. The van der Waals surface area contributed by atoms with Gasteiger partial charge in [-0.1, -0.05) is 41.0 Å². The third-order valence-corrected chi connectivity index (χ3v) is 6.01. The standard InChI is InChI=1S/C26H20ClFN4O3/c1-15-22(25-30-24(31-35-25)17-4-3-5-19(28)14-17)23(16-6-8-18(27)9-7-16)29-26(33)32(15)20-10-12-21(34-2)13-11-20/h3-14,23H,1-2H3,(H,29,33). The maximum atomic E-state index is 13.8. The summed E-state index contributed by atoms with van der Waals surface area (Å²) in [6.45, 7) is 1.81.